The van der Waals surface area contributed by atoms with E-state index in [1.165, 1.54) is 43.4 Å². The SMILES string of the molecule is CCCC(CN)(CCC)N(Cc1cccs1)C1CC1. The summed E-state index contributed by atoms with van der Waals surface area (Å²) in [4.78, 5) is 4.23. The number of hydrogen-bond donors (Lipinski definition) is 1. The summed E-state index contributed by atoms with van der Waals surface area (Å²) in [5.41, 5.74) is 6.47. The highest BCUT2D eigenvalue weighted by Crippen LogP contribution is 2.39. The number of thiophene rings is 1. The third-order valence-corrected chi connectivity index (χ3v) is 5.18. The Morgan fingerprint density at radius 2 is 2.00 bits per heavy atom. The number of hydrogen-bond acceptors (Lipinski definition) is 3. The van der Waals surface area contributed by atoms with Crippen molar-refractivity contribution in [2.45, 2.75) is 70.5 Å². The average Bonchev–Trinajstić information content (AvgIpc) is 3.12. The molecule has 0 radical (unpaired) electrons. The van der Waals surface area contributed by atoms with Gasteiger partial charge < -0.3 is 5.73 Å². The van der Waals surface area contributed by atoms with E-state index in [4.69, 9.17) is 5.73 Å². The largest absolute Gasteiger partial charge is 0.329 e. The normalized spacial score (nSPS) is 16.2. The zero-order valence-corrected chi connectivity index (χ0v) is 13.2. The van der Waals surface area contributed by atoms with Crippen LogP contribution in [-0.4, -0.2) is 23.0 Å². The molecule has 3 heteroatoms. The molecule has 2 N–H and O–H groups in total. The van der Waals surface area contributed by atoms with Crippen LogP contribution < -0.4 is 5.73 Å². The van der Waals surface area contributed by atoms with Crippen LogP contribution in [0.25, 0.3) is 0 Å². The fourth-order valence-electron chi connectivity index (χ4n) is 3.31. The van der Waals surface area contributed by atoms with Crippen LogP contribution in [0.2, 0.25) is 0 Å². The van der Waals surface area contributed by atoms with Gasteiger partial charge in [0.05, 0.1) is 0 Å². The highest BCUT2D eigenvalue weighted by molar-refractivity contribution is 7.09. The molecule has 0 unspecified atom stereocenters. The summed E-state index contributed by atoms with van der Waals surface area (Å²) < 4.78 is 0. The van der Waals surface area contributed by atoms with Gasteiger partial charge in [-0.1, -0.05) is 32.8 Å². The molecule has 2 nitrogen and oxygen atoms in total. The summed E-state index contributed by atoms with van der Waals surface area (Å²) >= 11 is 1.88. The zero-order valence-electron chi connectivity index (χ0n) is 12.4. The van der Waals surface area contributed by atoms with Crippen LogP contribution in [-0.2, 0) is 6.54 Å². The van der Waals surface area contributed by atoms with Crippen LogP contribution >= 0.6 is 11.3 Å². The lowest BCUT2D eigenvalue weighted by molar-refractivity contribution is 0.0587. The molecule has 1 aliphatic rings. The Kier molecular flexibility index (Phi) is 5.43. The van der Waals surface area contributed by atoms with Gasteiger partial charge in [-0.05, 0) is 37.1 Å². The fourth-order valence-corrected chi connectivity index (χ4v) is 4.01. The van der Waals surface area contributed by atoms with Crippen molar-refractivity contribution in [1.82, 2.24) is 4.90 Å². The minimum atomic E-state index is 0.231. The molecule has 108 valence electrons. The summed E-state index contributed by atoms with van der Waals surface area (Å²) in [6.45, 7) is 6.47. The van der Waals surface area contributed by atoms with E-state index in [0.717, 1.165) is 19.1 Å². The van der Waals surface area contributed by atoms with Gasteiger partial charge >= 0.3 is 0 Å². The number of rotatable bonds is 9. The molecule has 2 rings (SSSR count). The van der Waals surface area contributed by atoms with E-state index >= 15 is 0 Å². The van der Waals surface area contributed by atoms with Gasteiger partial charge in [0.2, 0.25) is 0 Å². The van der Waals surface area contributed by atoms with Crippen LogP contribution in [0.4, 0.5) is 0 Å². The van der Waals surface area contributed by atoms with Crippen molar-refractivity contribution in [2.75, 3.05) is 6.54 Å². The quantitative estimate of drug-likeness (QED) is 0.740. The Morgan fingerprint density at radius 1 is 1.32 bits per heavy atom. The maximum absolute atomic E-state index is 6.24. The number of nitrogens with zero attached hydrogens (tertiary/aromatic N) is 1. The molecule has 1 fully saturated rings. The molecule has 0 spiro atoms. The first-order chi connectivity index (χ1) is 9.25. The second kappa shape index (κ2) is 6.87. The van der Waals surface area contributed by atoms with Crippen LogP contribution in [0.1, 0.15) is 57.2 Å². The second-order valence-corrected chi connectivity index (χ2v) is 6.90. The summed E-state index contributed by atoms with van der Waals surface area (Å²) in [7, 11) is 0. The standard InChI is InChI=1S/C16H28N2S/c1-3-9-16(13-17,10-4-2)18(14-7-8-14)12-15-6-5-11-19-15/h5-6,11,14H,3-4,7-10,12-13,17H2,1-2H3. The maximum Gasteiger partial charge on any atom is 0.0338 e. The Bertz CT molecular complexity index is 351. The van der Waals surface area contributed by atoms with Gasteiger partial charge in [0.25, 0.3) is 0 Å². The van der Waals surface area contributed by atoms with E-state index in [9.17, 15) is 0 Å². The van der Waals surface area contributed by atoms with Crippen molar-refractivity contribution < 1.29 is 0 Å². The van der Waals surface area contributed by atoms with Gasteiger partial charge in [0.15, 0.2) is 0 Å². The molecule has 1 aromatic heterocycles. The molecular formula is C16H28N2S. The summed E-state index contributed by atoms with van der Waals surface area (Å²) in [6.07, 6.45) is 7.65. The Hall–Kier alpha value is -0.380. The summed E-state index contributed by atoms with van der Waals surface area (Å²) in [6, 6.07) is 5.21. The van der Waals surface area contributed by atoms with Crippen LogP contribution in [0, 0.1) is 0 Å². The zero-order chi connectivity index (χ0) is 13.7. The van der Waals surface area contributed by atoms with E-state index in [0.29, 0.717) is 0 Å². The molecule has 0 saturated heterocycles. The lowest BCUT2D eigenvalue weighted by atomic mass is 9.86. The molecule has 1 heterocycles. The smallest absolute Gasteiger partial charge is 0.0338 e. The van der Waals surface area contributed by atoms with Crippen molar-refractivity contribution in [1.29, 1.82) is 0 Å². The van der Waals surface area contributed by atoms with E-state index in [2.05, 4.69) is 36.3 Å². The summed E-state index contributed by atoms with van der Waals surface area (Å²) in [5.74, 6) is 0. The van der Waals surface area contributed by atoms with Gasteiger partial charge in [-0.25, -0.2) is 0 Å². The third kappa shape index (κ3) is 3.59. The third-order valence-electron chi connectivity index (χ3n) is 4.31. The van der Waals surface area contributed by atoms with Crippen LogP contribution in [0.15, 0.2) is 17.5 Å². The maximum atomic E-state index is 6.24. The van der Waals surface area contributed by atoms with Gasteiger partial charge in [-0.2, -0.15) is 0 Å². The highest BCUT2D eigenvalue weighted by atomic mass is 32.1. The van der Waals surface area contributed by atoms with E-state index in [1.807, 2.05) is 11.3 Å². The lowest BCUT2D eigenvalue weighted by Crippen LogP contribution is -2.54. The first kappa shape index (κ1) is 15.0. The predicted octanol–water partition coefficient (Wildman–Crippen LogP) is 4.01. The minimum absolute atomic E-state index is 0.231. The van der Waals surface area contributed by atoms with Crippen molar-refractivity contribution in [3.63, 3.8) is 0 Å². The molecule has 1 aromatic rings. The molecule has 0 atom stereocenters. The minimum Gasteiger partial charge on any atom is -0.329 e. The van der Waals surface area contributed by atoms with Crippen molar-refractivity contribution in [3.8, 4) is 0 Å². The van der Waals surface area contributed by atoms with E-state index < -0.39 is 0 Å². The monoisotopic (exact) mass is 280 g/mol. The average molecular weight is 280 g/mol. The molecule has 1 aliphatic carbocycles. The van der Waals surface area contributed by atoms with Crippen molar-refractivity contribution in [3.05, 3.63) is 22.4 Å². The molecule has 0 amide bonds. The molecule has 0 aliphatic heterocycles. The van der Waals surface area contributed by atoms with E-state index in [-0.39, 0.29) is 5.54 Å². The predicted molar refractivity (Wildman–Crippen MR) is 84.5 cm³/mol. The number of nitrogens with two attached hydrogens (primary N) is 1. The highest BCUT2D eigenvalue weighted by Gasteiger charge is 2.42. The second-order valence-electron chi connectivity index (χ2n) is 5.87. The molecule has 0 aromatic carbocycles. The summed E-state index contributed by atoms with van der Waals surface area (Å²) in [5, 5.41) is 2.18. The lowest BCUT2D eigenvalue weighted by Gasteiger charge is -2.44. The van der Waals surface area contributed by atoms with E-state index in [1.54, 1.807) is 0 Å². The molecule has 19 heavy (non-hydrogen) atoms. The van der Waals surface area contributed by atoms with Gasteiger partial charge in [0, 0.05) is 29.5 Å². The van der Waals surface area contributed by atoms with Crippen LogP contribution in [0.5, 0.6) is 0 Å². The fraction of sp³-hybridized carbons (Fsp3) is 0.750. The van der Waals surface area contributed by atoms with Gasteiger partial charge in [-0.15, -0.1) is 11.3 Å². The van der Waals surface area contributed by atoms with Crippen LogP contribution in [0.3, 0.4) is 0 Å². The molecule has 1 saturated carbocycles. The topological polar surface area (TPSA) is 29.3 Å². The van der Waals surface area contributed by atoms with Gasteiger partial charge in [-0.3, -0.25) is 4.90 Å². The van der Waals surface area contributed by atoms with Crippen molar-refractivity contribution in [2.24, 2.45) is 5.73 Å². The molecule has 0 bridgehead atoms. The Morgan fingerprint density at radius 3 is 2.42 bits per heavy atom. The first-order valence-corrected chi connectivity index (χ1v) is 8.63. The Labute approximate surface area is 122 Å². The first-order valence-electron chi connectivity index (χ1n) is 7.75. The van der Waals surface area contributed by atoms with Gasteiger partial charge in [0.1, 0.15) is 0 Å². The Balaban J connectivity index is 2.17. The van der Waals surface area contributed by atoms with Crippen molar-refractivity contribution >= 4 is 11.3 Å². The molecular weight excluding hydrogens is 252 g/mol.